The molecular weight excluding hydrogens is 190 g/mol. The number of hydrogen-bond donors (Lipinski definition) is 1. The van der Waals surface area contributed by atoms with E-state index in [-0.39, 0.29) is 6.10 Å². The van der Waals surface area contributed by atoms with E-state index >= 15 is 0 Å². The first-order valence-electron chi connectivity index (χ1n) is 6.26. The lowest BCUT2D eigenvalue weighted by Gasteiger charge is -2.25. The van der Waals surface area contributed by atoms with Gasteiger partial charge in [-0.2, -0.15) is 0 Å². The average Bonchev–Trinajstić information content (AvgIpc) is 2.18. The minimum absolute atomic E-state index is 0.179. The number of ether oxygens (including phenoxy) is 2. The third-order valence-electron chi connectivity index (χ3n) is 3.14. The van der Waals surface area contributed by atoms with Gasteiger partial charge in [0, 0.05) is 26.4 Å². The molecule has 0 saturated heterocycles. The number of rotatable bonds is 9. The lowest BCUT2D eigenvalue weighted by molar-refractivity contribution is 0.0284. The summed E-state index contributed by atoms with van der Waals surface area (Å²) in [5, 5.41) is 0. The highest BCUT2D eigenvalue weighted by molar-refractivity contribution is 4.68. The molecule has 1 saturated carbocycles. The Bertz CT molecular complexity index is 149. The van der Waals surface area contributed by atoms with Crippen molar-refractivity contribution in [2.24, 2.45) is 11.7 Å². The zero-order valence-corrected chi connectivity index (χ0v) is 9.91. The van der Waals surface area contributed by atoms with Crippen molar-refractivity contribution in [1.82, 2.24) is 0 Å². The van der Waals surface area contributed by atoms with Crippen LogP contribution in [0.5, 0.6) is 0 Å². The molecule has 0 aromatic rings. The fraction of sp³-hybridized carbons (Fsp3) is 1.00. The summed E-state index contributed by atoms with van der Waals surface area (Å²) in [4.78, 5) is 0. The molecule has 1 aliphatic rings. The van der Waals surface area contributed by atoms with Crippen LogP contribution < -0.4 is 5.73 Å². The normalized spacial score (nSPS) is 18.8. The Balaban J connectivity index is 1.85. The lowest BCUT2D eigenvalue weighted by atomic mass is 9.83. The highest BCUT2D eigenvalue weighted by Gasteiger charge is 2.16. The van der Waals surface area contributed by atoms with E-state index in [9.17, 15) is 0 Å². The minimum atomic E-state index is 0.179. The van der Waals surface area contributed by atoms with Crippen molar-refractivity contribution < 1.29 is 9.47 Å². The van der Waals surface area contributed by atoms with Gasteiger partial charge >= 0.3 is 0 Å². The monoisotopic (exact) mass is 215 g/mol. The van der Waals surface area contributed by atoms with Crippen LogP contribution in [0.4, 0.5) is 0 Å². The SMILES string of the molecule is CCOC(CN)CCOCCC1CCC1. The van der Waals surface area contributed by atoms with E-state index in [0.29, 0.717) is 6.54 Å². The Morgan fingerprint density at radius 1 is 1.33 bits per heavy atom. The topological polar surface area (TPSA) is 44.5 Å². The molecule has 15 heavy (non-hydrogen) atoms. The molecule has 3 heteroatoms. The molecule has 0 spiro atoms. The maximum atomic E-state index is 5.58. The molecule has 2 N–H and O–H groups in total. The van der Waals surface area contributed by atoms with Crippen LogP contribution >= 0.6 is 0 Å². The molecule has 0 heterocycles. The van der Waals surface area contributed by atoms with Gasteiger partial charge in [0.15, 0.2) is 0 Å². The van der Waals surface area contributed by atoms with Gasteiger partial charge in [0.25, 0.3) is 0 Å². The summed E-state index contributed by atoms with van der Waals surface area (Å²) in [6.07, 6.45) is 6.58. The summed E-state index contributed by atoms with van der Waals surface area (Å²) in [6.45, 7) is 5.03. The zero-order chi connectivity index (χ0) is 10.9. The van der Waals surface area contributed by atoms with Gasteiger partial charge in [-0.1, -0.05) is 19.3 Å². The Morgan fingerprint density at radius 3 is 2.67 bits per heavy atom. The van der Waals surface area contributed by atoms with Crippen molar-refractivity contribution in [2.75, 3.05) is 26.4 Å². The predicted octanol–water partition coefficient (Wildman–Crippen LogP) is 1.95. The van der Waals surface area contributed by atoms with E-state index in [0.717, 1.165) is 32.2 Å². The summed E-state index contributed by atoms with van der Waals surface area (Å²) in [6, 6.07) is 0. The molecule has 0 radical (unpaired) electrons. The van der Waals surface area contributed by atoms with Crippen LogP contribution in [0.3, 0.4) is 0 Å². The highest BCUT2D eigenvalue weighted by atomic mass is 16.5. The van der Waals surface area contributed by atoms with Gasteiger partial charge in [-0.05, 0) is 25.7 Å². The Kier molecular flexibility index (Phi) is 6.98. The van der Waals surface area contributed by atoms with Gasteiger partial charge in [-0.15, -0.1) is 0 Å². The Hall–Kier alpha value is -0.120. The first-order chi connectivity index (χ1) is 7.36. The summed E-state index contributed by atoms with van der Waals surface area (Å²) >= 11 is 0. The largest absolute Gasteiger partial charge is 0.381 e. The molecule has 0 bridgehead atoms. The van der Waals surface area contributed by atoms with Crippen LogP contribution in [0.15, 0.2) is 0 Å². The van der Waals surface area contributed by atoms with E-state index in [1.165, 1.54) is 25.7 Å². The van der Waals surface area contributed by atoms with Crippen LogP contribution in [0.2, 0.25) is 0 Å². The van der Waals surface area contributed by atoms with E-state index < -0.39 is 0 Å². The second kappa shape index (κ2) is 8.08. The van der Waals surface area contributed by atoms with Gasteiger partial charge in [0.05, 0.1) is 6.10 Å². The van der Waals surface area contributed by atoms with Crippen molar-refractivity contribution in [3.63, 3.8) is 0 Å². The molecule has 90 valence electrons. The predicted molar refractivity (Wildman–Crippen MR) is 61.9 cm³/mol. The first-order valence-corrected chi connectivity index (χ1v) is 6.26. The Morgan fingerprint density at radius 2 is 2.13 bits per heavy atom. The molecule has 1 rings (SSSR count). The second-order valence-corrected chi connectivity index (χ2v) is 4.30. The van der Waals surface area contributed by atoms with Crippen molar-refractivity contribution in [2.45, 2.75) is 45.1 Å². The molecule has 1 aliphatic carbocycles. The van der Waals surface area contributed by atoms with Crippen LogP contribution in [-0.2, 0) is 9.47 Å². The van der Waals surface area contributed by atoms with Gasteiger partial charge in [0.2, 0.25) is 0 Å². The fourth-order valence-electron chi connectivity index (χ4n) is 1.85. The van der Waals surface area contributed by atoms with Gasteiger partial charge in [-0.3, -0.25) is 0 Å². The van der Waals surface area contributed by atoms with Gasteiger partial charge in [-0.25, -0.2) is 0 Å². The fourth-order valence-corrected chi connectivity index (χ4v) is 1.85. The third-order valence-corrected chi connectivity index (χ3v) is 3.14. The van der Waals surface area contributed by atoms with Gasteiger partial charge in [0.1, 0.15) is 0 Å². The van der Waals surface area contributed by atoms with Crippen LogP contribution in [0.25, 0.3) is 0 Å². The third kappa shape index (κ3) is 5.50. The van der Waals surface area contributed by atoms with Crippen molar-refractivity contribution in [1.29, 1.82) is 0 Å². The molecule has 0 aromatic carbocycles. The quantitative estimate of drug-likeness (QED) is 0.598. The first kappa shape index (κ1) is 12.9. The Labute approximate surface area is 93.3 Å². The van der Waals surface area contributed by atoms with Gasteiger partial charge < -0.3 is 15.2 Å². The molecule has 3 nitrogen and oxygen atoms in total. The molecule has 1 fully saturated rings. The molecule has 0 aliphatic heterocycles. The lowest BCUT2D eigenvalue weighted by Crippen LogP contribution is -2.25. The summed E-state index contributed by atoms with van der Waals surface area (Å²) in [5.41, 5.74) is 5.57. The van der Waals surface area contributed by atoms with Crippen molar-refractivity contribution >= 4 is 0 Å². The summed E-state index contributed by atoms with van der Waals surface area (Å²) in [5.74, 6) is 0.946. The number of nitrogens with two attached hydrogens (primary N) is 1. The van der Waals surface area contributed by atoms with Crippen LogP contribution in [0.1, 0.15) is 39.0 Å². The molecule has 1 unspecified atom stereocenters. The molecular formula is C12H25NO2. The van der Waals surface area contributed by atoms with Crippen molar-refractivity contribution in [3.8, 4) is 0 Å². The molecule has 1 atom stereocenters. The zero-order valence-electron chi connectivity index (χ0n) is 9.91. The molecule has 0 aromatic heterocycles. The van der Waals surface area contributed by atoms with E-state index in [1.54, 1.807) is 0 Å². The van der Waals surface area contributed by atoms with Crippen molar-refractivity contribution in [3.05, 3.63) is 0 Å². The van der Waals surface area contributed by atoms with E-state index in [2.05, 4.69) is 0 Å². The smallest absolute Gasteiger partial charge is 0.0719 e. The summed E-state index contributed by atoms with van der Waals surface area (Å²) < 4.78 is 11.0. The van der Waals surface area contributed by atoms with Crippen LogP contribution in [-0.4, -0.2) is 32.5 Å². The maximum absolute atomic E-state index is 5.58. The average molecular weight is 215 g/mol. The molecule has 0 amide bonds. The standard InChI is InChI=1S/C12H25NO2/c1-2-15-12(10-13)7-9-14-8-6-11-4-3-5-11/h11-12H,2-10,13H2,1H3. The number of hydrogen-bond acceptors (Lipinski definition) is 3. The second-order valence-electron chi connectivity index (χ2n) is 4.30. The van der Waals surface area contributed by atoms with E-state index in [4.69, 9.17) is 15.2 Å². The van der Waals surface area contributed by atoms with Crippen LogP contribution in [0, 0.1) is 5.92 Å². The van der Waals surface area contributed by atoms with E-state index in [1.807, 2.05) is 6.92 Å². The highest BCUT2D eigenvalue weighted by Crippen LogP contribution is 2.29. The maximum Gasteiger partial charge on any atom is 0.0719 e. The minimum Gasteiger partial charge on any atom is -0.381 e. The summed E-state index contributed by atoms with van der Waals surface area (Å²) in [7, 11) is 0.